The third-order valence-electron chi connectivity index (χ3n) is 3.12. The molecule has 0 aromatic heterocycles. The Balaban J connectivity index is 2.53. The lowest BCUT2D eigenvalue weighted by Gasteiger charge is -2.27. The average Bonchev–Trinajstić information content (AvgIpc) is 2.41. The molecule has 82 valence electrons. The number of nitrogens with zero attached hydrogens (tertiary/aromatic N) is 1. The lowest BCUT2D eigenvalue weighted by atomic mass is 9.89. The molecule has 1 rings (SSSR count). The lowest BCUT2D eigenvalue weighted by Crippen LogP contribution is -2.46. The van der Waals surface area contributed by atoms with E-state index in [4.69, 9.17) is 11.6 Å². The van der Waals surface area contributed by atoms with E-state index in [0.29, 0.717) is 6.42 Å². The molecule has 0 amide bonds. The number of hydrazone groups is 1. The van der Waals surface area contributed by atoms with Crippen LogP contribution in [0.1, 0.15) is 39.0 Å². The standard InChI is InChI=1S/C10H21N3O/c1-2-3-4-10(11)6-8(7-13-12)5-9(10)14/h7-9,14H,2-6,11-12H2,1H3. The Morgan fingerprint density at radius 3 is 2.93 bits per heavy atom. The van der Waals surface area contributed by atoms with Crippen LogP contribution in [0.5, 0.6) is 0 Å². The van der Waals surface area contributed by atoms with Crippen LogP contribution in [0.4, 0.5) is 0 Å². The second kappa shape index (κ2) is 4.75. The Morgan fingerprint density at radius 1 is 1.64 bits per heavy atom. The smallest absolute Gasteiger partial charge is 0.0726 e. The van der Waals surface area contributed by atoms with E-state index in [1.807, 2.05) is 0 Å². The van der Waals surface area contributed by atoms with E-state index in [0.717, 1.165) is 25.7 Å². The summed E-state index contributed by atoms with van der Waals surface area (Å²) in [4.78, 5) is 0. The zero-order valence-electron chi connectivity index (χ0n) is 8.82. The summed E-state index contributed by atoms with van der Waals surface area (Å²) in [5, 5.41) is 13.4. The van der Waals surface area contributed by atoms with Gasteiger partial charge in [0.15, 0.2) is 0 Å². The fraction of sp³-hybridized carbons (Fsp3) is 0.900. The molecule has 1 fully saturated rings. The van der Waals surface area contributed by atoms with Crippen LogP contribution in [-0.4, -0.2) is 23.0 Å². The summed E-state index contributed by atoms with van der Waals surface area (Å²) < 4.78 is 0. The number of unbranched alkanes of at least 4 members (excludes halogenated alkanes) is 1. The van der Waals surface area contributed by atoms with Crippen LogP contribution in [0.3, 0.4) is 0 Å². The van der Waals surface area contributed by atoms with Crippen molar-refractivity contribution in [2.45, 2.75) is 50.7 Å². The van der Waals surface area contributed by atoms with E-state index < -0.39 is 11.6 Å². The van der Waals surface area contributed by atoms with Crippen molar-refractivity contribution in [1.29, 1.82) is 0 Å². The first-order chi connectivity index (χ1) is 6.62. The Kier molecular flexibility index (Phi) is 3.89. The maximum atomic E-state index is 9.84. The molecule has 3 unspecified atom stereocenters. The highest BCUT2D eigenvalue weighted by molar-refractivity contribution is 5.61. The zero-order chi connectivity index (χ0) is 10.6. The largest absolute Gasteiger partial charge is 0.391 e. The molecular weight excluding hydrogens is 178 g/mol. The predicted octanol–water partition coefficient (Wildman–Crippen LogP) is 0.589. The van der Waals surface area contributed by atoms with Gasteiger partial charge in [-0.1, -0.05) is 19.8 Å². The van der Waals surface area contributed by atoms with Crippen molar-refractivity contribution in [2.75, 3.05) is 0 Å². The molecule has 4 heteroatoms. The topological polar surface area (TPSA) is 84.6 Å². The van der Waals surface area contributed by atoms with E-state index in [1.165, 1.54) is 0 Å². The lowest BCUT2D eigenvalue weighted by molar-refractivity contribution is 0.103. The Bertz CT molecular complexity index is 208. The van der Waals surface area contributed by atoms with Crippen LogP contribution in [0.15, 0.2) is 5.10 Å². The second-order valence-corrected chi connectivity index (χ2v) is 4.35. The maximum Gasteiger partial charge on any atom is 0.0726 e. The molecule has 3 atom stereocenters. The second-order valence-electron chi connectivity index (χ2n) is 4.35. The SMILES string of the molecule is CCCCC1(N)CC(C=NN)CC1O. The molecule has 0 aromatic rings. The normalized spacial score (nSPS) is 38.2. The van der Waals surface area contributed by atoms with Gasteiger partial charge in [0.25, 0.3) is 0 Å². The number of nitrogens with two attached hydrogens (primary N) is 2. The Morgan fingerprint density at radius 2 is 2.36 bits per heavy atom. The third-order valence-corrected chi connectivity index (χ3v) is 3.12. The van der Waals surface area contributed by atoms with Gasteiger partial charge < -0.3 is 16.7 Å². The number of rotatable bonds is 4. The van der Waals surface area contributed by atoms with Crippen LogP contribution >= 0.6 is 0 Å². The predicted molar refractivity (Wildman–Crippen MR) is 57.9 cm³/mol. The molecule has 0 spiro atoms. The molecule has 0 bridgehead atoms. The summed E-state index contributed by atoms with van der Waals surface area (Å²) in [5.41, 5.74) is 5.74. The van der Waals surface area contributed by atoms with Crippen LogP contribution in [0.2, 0.25) is 0 Å². The van der Waals surface area contributed by atoms with Gasteiger partial charge >= 0.3 is 0 Å². The monoisotopic (exact) mass is 199 g/mol. The molecule has 5 N–H and O–H groups in total. The molecule has 0 saturated heterocycles. The molecule has 1 saturated carbocycles. The summed E-state index contributed by atoms with van der Waals surface area (Å²) in [6.45, 7) is 2.13. The van der Waals surface area contributed by atoms with Gasteiger partial charge in [0.1, 0.15) is 0 Å². The number of aliphatic hydroxyl groups is 1. The zero-order valence-corrected chi connectivity index (χ0v) is 8.82. The first kappa shape index (κ1) is 11.5. The molecule has 0 radical (unpaired) electrons. The van der Waals surface area contributed by atoms with Crippen molar-refractivity contribution in [1.82, 2.24) is 0 Å². The highest BCUT2D eigenvalue weighted by Gasteiger charge is 2.42. The third kappa shape index (κ3) is 2.45. The summed E-state index contributed by atoms with van der Waals surface area (Å²) in [5.74, 6) is 5.34. The Hall–Kier alpha value is -0.610. The van der Waals surface area contributed by atoms with Crippen molar-refractivity contribution in [3.63, 3.8) is 0 Å². The van der Waals surface area contributed by atoms with Crippen LogP contribution < -0.4 is 11.6 Å². The van der Waals surface area contributed by atoms with Crippen LogP contribution in [0, 0.1) is 5.92 Å². The van der Waals surface area contributed by atoms with Crippen molar-refractivity contribution in [3.05, 3.63) is 0 Å². The van der Waals surface area contributed by atoms with Crippen molar-refractivity contribution in [3.8, 4) is 0 Å². The van der Waals surface area contributed by atoms with Crippen LogP contribution in [-0.2, 0) is 0 Å². The fourth-order valence-corrected chi connectivity index (χ4v) is 2.24. The Labute approximate surface area is 85.4 Å². The number of aliphatic hydroxyl groups excluding tert-OH is 1. The van der Waals surface area contributed by atoms with E-state index in [1.54, 1.807) is 6.21 Å². The van der Waals surface area contributed by atoms with Gasteiger partial charge in [0, 0.05) is 17.7 Å². The maximum absolute atomic E-state index is 9.84. The first-order valence-electron chi connectivity index (χ1n) is 5.32. The molecule has 4 nitrogen and oxygen atoms in total. The average molecular weight is 199 g/mol. The summed E-state index contributed by atoms with van der Waals surface area (Å²) in [6.07, 6.45) is 5.86. The van der Waals surface area contributed by atoms with Gasteiger partial charge in [-0.25, -0.2) is 0 Å². The number of hydrogen-bond acceptors (Lipinski definition) is 4. The molecule has 1 aliphatic carbocycles. The quantitative estimate of drug-likeness (QED) is 0.352. The molecular formula is C10H21N3O. The first-order valence-corrected chi connectivity index (χ1v) is 5.32. The van der Waals surface area contributed by atoms with E-state index in [2.05, 4.69) is 12.0 Å². The van der Waals surface area contributed by atoms with Gasteiger partial charge in [-0.05, 0) is 19.3 Å². The van der Waals surface area contributed by atoms with Gasteiger partial charge in [-0.2, -0.15) is 5.10 Å². The summed E-state index contributed by atoms with van der Waals surface area (Å²) >= 11 is 0. The van der Waals surface area contributed by atoms with Gasteiger partial charge in [-0.15, -0.1) is 0 Å². The molecule has 1 aliphatic rings. The number of hydrogen-bond donors (Lipinski definition) is 3. The molecule has 0 aromatic carbocycles. The highest BCUT2D eigenvalue weighted by atomic mass is 16.3. The van der Waals surface area contributed by atoms with E-state index >= 15 is 0 Å². The molecule has 0 aliphatic heterocycles. The van der Waals surface area contributed by atoms with Gasteiger partial charge in [-0.3, -0.25) is 0 Å². The van der Waals surface area contributed by atoms with E-state index in [-0.39, 0.29) is 5.92 Å². The van der Waals surface area contributed by atoms with Crippen LogP contribution in [0.25, 0.3) is 0 Å². The minimum Gasteiger partial charge on any atom is -0.391 e. The summed E-state index contributed by atoms with van der Waals surface area (Å²) in [6, 6.07) is 0. The summed E-state index contributed by atoms with van der Waals surface area (Å²) in [7, 11) is 0. The minimum absolute atomic E-state index is 0.247. The van der Waals surface area contributed by atoms with Gasteiger partial charge in [0.2, 0.25) is 0 Å². The molecule has 0 heterocycles. The van der Waals surface area contributed by atoms with Crippen molar-refractivity contribution >= 4 is 6.21 Å². The van der Waals surface area contributed by atoms with Crippen molar-refractivity contribution < 1.29 is 5.11 Å². The van der Waals surface area contributed by atoms with Gasteiger partial charge in [0.05, 0.1) is 6.10 Å². The highest BCUT2D eigenvalue weighted by Crippen LogP contribution is 2.35. The van der Waals surface area contributed by atoms with E-state index in [9.17, 15) is 5.11 Å². The van der Waals surface area contributed by atoms with Crippen molar-refractivity contribution in [2.24, 2.45) is 22.6 Å². The fourth-order valence-electron chi connectivity index (χ4n) is 2.24. The minimum atomic E-state index is -0.415. The molecule has 14 heavy (non-hydrogen) atoms.